The van der Waals surface area contributed by atoms with Crippen molar-refractivity contribution in [2.75, 3.05) is 13.6 Å². The molecule has 0 aromatic carbocycles. The van der Waals surface area contributed by atoms with Crippen LogP contribution in [0.15, 0.2) is 0 Å². The van der Waals surface area contributed by atoms with Crippen LogP contribution >= 0.6 is 0 Å². The van der Waals surface area contributed by atoms with Gasteiger partial charge in [0.1, 0.15) is 0 Å². The van der Waals surface area contributed by atoms with E-state index in [2.05, 4.69) is 53.5 Å². The molecule has 2 heteroatoms. The normalized spacial score (nSPS) is 12.2. The molecule has 0 saturated heterocycles. The van der Waals surface area contributed by atoms with Gasteiger partial charge in [0.15, 0.2) is 0 Å². The maximum atomic E-state index is 2.48. The number of nitrogens with zero attached hydrogens (tertiary/aromatic N) is 1. The minimum absolute atomic E-state index is 0.705. The molecule has 0 radical (unpaired) electrons. The zero-order valence-electron chi connectivity index (χ0n) is 11.9. The number of hydrogen-bond acceptors (Lipinski definition) is 1. The van der Waals surface area contributed by atoms with Crippen molar-refractivity contribution in [2.24, 2.45) is 0 Å². The number of rotatable bonds is 7. The van der Waals surface area contributed by atoms with Gasteiger partial charge < -0.3 is 0 Å². The van der Waals surface area contributed by atoms with Gasteiger partial charge >= 0.3 is 105 Å². The molecule has 90 valence electrons. The molecule has 0 aromatic heterocycles. The standard InChI is InChI=1S/C7H16N.2C3H7.In/c1-5-6-8(4)7(2)3;2*1-3-2;/h7H,1,5-6H2,2-4H3;2*3H,1-2H3;. The van der Waals surface area contributed by atoms with E-state index >= 15 is 0 Å². The van der Waals surface area contributed by atoms with E-state index in [1.54, 1.807) is 4.18 Å². The molecule has 0 saturated carbocycles. The van der Waals surface area contributed by atoms with Gasteiger partial charge in [-0.05, 0) is 0 Å². The Hall–Kier alpha value is 0.830. The minimum atomic E-state index is -1.21. The van der Waals surface area contributed by atoms with E-state index in [4.69, 9.17) is 0 Å². The Kier molecular flexibility index (Phi) is 8.44. The van der Waals surface area contributed by atoms with Crippen LogP contribution in [0, 0.1) is 0 Å². The van der Waals surface area contributed by atoms with Crippen LogP contribution in [-0.4, -0.2) is 46.0 Å². The fourth-order valence-corrected chi connectivity index (χ4v) is 12.3. The second-order valence-corrected chi connectivity index (χ2v) is 18.9. The van der Waals surface area contributed by atoms with Gasteiger partial charge in [-0.2, -0.15) is 0 Å². The summed E-state index contributed by atoms with van der Waals surface area (Å²) in [6, 6.07) is 0.705. The van der Waals surface area contributed by atoms with Crippen LogP contribution in [0.25, 0.3) is 0 Å². The Morgan fingerprint density at radius 2 is 1.40 bits per heavy atom. The quantitative estimate of drug-likeness (QED) is 0.685. The van der Waals surface area contributed by atoms with E-state index in [9.17, 15) is 0 Å². The van der Waals surface area contributed by atoms with Crippen molar-refractivity contribution in [3.63, 3.8) is 0 Å². The van der Waals surface area contributed by atoms with Crippen LogP contribution in [0.4, 0.5) is 0 Å². The first-order valence-electron chi connectivity index (χ1n) is 6.56. The summed E-state index contributed by atoms with van der Waals surface area (Å²) in [5.74, 6) is 0. The average molecular weight is 315 g/mol. The van der Waals surface area contributed by atoms with E-state index in [-0.39, 0.29) is 0 Å². The van der Waals surface area contributed by atoms with Gasteiger partial charge in [-0.15, -0.1) is 0 Å². The van der Waals surface area contributed by atoms with Crippen LogP contribution in [0.2, 0.25) is 11.5 Å². The molecule has 0 N–H and O–H groups in total. The van der Waals surface area contributed by atoms with Gasteiger partial charge in [0.2, 0.25) is 0 Å². The molecule has 0 rings (SSSR count). The molecule has 0 atom stereocenters. The number of hydrogen-bond donors (Lipinski definition) is 0. The first-order chi connectivity index (χ1) is 6.86. The summed E-state index contributed by atoms with van der Waals surface area (Å²) in [6.45, 7) is 15.7. The van der Waals surface area contributed by atoms with Crippen molar-refractivity contribution < 1.29 is 0 Å². The van der Waals surface area contributed by atoms with Crippen LogP contribution in [0.1, 0.15) is 48.0 Å². The molecule has 0 bridgehead atoms. The van der Waals surface area contributed by atoms with Crippen LogP contribution in [0.5, 0.6) is 0 Å². The Labute approximate surface area is 105 Å². The Morgan fingerprint density at radius 3 is 1.73 bits per heavy atom. The fraction of sp³-hybridized carbons (Fsp3) is 1.00. The molecule has 0 spiro atoms. The van der Waals surface area contributed by atoms with Crippen molar-refractivity contribution in [3.05, 3.63) is 0 Å². The van der Waals surface area contributed by atoms with Gasteiger partial charge in [0.05, 0.1) is 0 Å². The third-order valence-electron chi connectivity index (χ3n) is 3.64. The summed E-state index contributed by atoms with van der Waals surface area (Å²) in [5, 5.41) is 0. The zero-order valence-corrected chi connectivity index (χ0v) is 15.2. The fourth-order valence-electron chi connectivity index (χ4n) is 2.27. The molecule has 0 amide bonds. The van der Waals surface area contributed by atoms with Crippen molar-refractivity contribution in [2.45, 2.75) is 65.5 Å². The Balaban J connectivity index is 3.81. The second kappa shape index (κ2) is 8.00. The first kappa shape index (κ1) is 15.8. The molecular weight excluding hydrogens is 285 g/mol. The third-order valence-corrected chi connectivity index (χ3v) is 16.5. The third kappa shape index (κ3) is 6.88. The summed E-state index contributed by atoms with van der Waals surface area (Å²) < 4.78 is 3.67. The average Bonchev–Trinajstić information content (AvgIpc) is 2.10. The molecule has 0 unspecified atom stereocenters. The van der Waals surface area contributed by atoms with E-state index in [0.29, 0.717) is 6.04 Å². The van der Waals surface area contributed by atoms with Crippen LogP contribution in [-0.2, 0) is 0 Å². The molecular formula is C13H30InN. The summed E-state index contributed by atoms with van der Waals surface area (Å²) in [7, 11) is 2.25. The van der Waals surface area contributed by atoms with Crippen molar-refractivity contribution >= 4 is 21.4 Å². The van der Waals surface area contributed by atoms with E-state index in [1.165, 1.54) is 13.0 Å². The molecule has 15 heavy (non-hydrogen) atoms. The second-order valence-electron chi connectivity index (χ2n) is 5.87. The molecule has 0 aliphatic rings. The predicted molar refractivity (Wildman–Crippen MR) is 73.1 cm³/mol. The molecule has 1 nitrogen and oxygen atoms in total. The van der Waals surface area contributed by atoms with Crippen LogP contribution < -0.4 is 0 Å². The van der Waals surface area contributed by atoms with Gasteiger partial charge in [0, 0.05) is 0 Å². The van der Waals surface area contributed by atoms with Crippen molar-refractivity contribution in [1.82, 2.24) is 4.90 Å². The van der Waals surface area contributed by atoms with Crippen molar-refractivity contribution in [3.8, 4) is 0 Å². The van der Waals surface area contributed by atoms with Crippen LogP contribution in [0.3, 0.4) is 0 Å². The predicted octanol–water partition coefficient (Wildman–Crippen LogP) is 4.03. The van der Waals surface area contributed by atoms with Gasteiger partial charge in [-0.1, -0.05) is 0 Å². The summed E-state index contributed by atoms with van der Waals surface area (Å²) in [6.07, 6.45) is 1.44. The molecule has 0 aromatic rings. The Bertz CT molecular complexity index is 147. The first-order valence-corrected chi connectivity index (χ1v) is 12.7. The zero-order chi connectivity index (χ0) is 12.0. The van der Waals surface area contributed by atoms with Gasteiger partial charge in [0.25, 0.3) is 0 Å². The monoisotopic (exact) mass is 315 g/mol. The molecule has 0 aliphatic carbocycles. The SMILES string of the molecule is CC(C)N(C)CC[CH2][In]([CH](C)C)[CH](C)C. The molecule has 0 heterocycles. The Morgan fingerprint density at radius 1 is 0.933 bits per heavy atom. The molecule has 0 aliphatic heterocycles. The summed E-state index contributed by atoms with van der Waals surface area (Å²) in [5.41, 5.74) is 0. The van der Waals surface area contributed by atoms with Gasteiger partial charge in [-0.3, -0.25) is 0 Å². The summed E-state index contributed by atoms with van der Waals surface area (Å²) in [4.78, 5) is 2.48. The molecule has 0 fully saturated rings. The van der Waals surface area contributed by atoms with E-state index in [1.807, 2.05) is 0 Å². The summed E-state index contributed by atoms with van der Waals surface area (Å²) >= 11 is -1.21. The topological polar surface area (TPSA) is 3.24 Å². The van der Waals surface area contributed by atoms with E-state index < -0.39 is 21.4 Å². The van der Waals surface area contributed by atoms with Gasteiger partial charge in [-0.25, -0.2) is 0 Å². The van der Waals surface area contributed by atoms with Crippen molar-refractivity contribution in [1.29, 1.82) is 0 Å². The van der Waals surface area contributed by atoms with E-state index in [0.717, 1.165) is 7.35 Å². The maximum absolute atomic E-state index is 2.48.